The lowest BCUT2D eigenvalue weighted by Gasteiger charge is -2.43. The summed E-state index contributed by atoms with van der Waals surface area (Å²) in [5, 5.41) is 2.99. The van der Waals surface area contributed by atoms with Gasteiger partial charge < -0.3 is 5.32 Å². The van der Waals surface area contributed by atoms with Crippen molar-refractivity contribution in [2.24, 2.45) is 0 Å². The van der Waals surface area contributed by atoms with Crippen LogP contribution >= 0.6 is 0 Å². The molecular weight excluding hydrogens is 340 g/mol. The first-order valence-electron chi connectivity index (χ1n) is 9.41. The summed E-state index contributed by atoms with van der Waals surface area (Å²) < 4.78 is 2.07. The van der Waals surface area contributed by atoms with Gasteiger partial charge in [-0.25, -0.2) is 9.97 Å². The van der Waals surface area contributed by atoms with Crippen molar-refractivity contribution in [1.82, 2.24) is 29.5 Å². The van der Waals surface area contributed by atoms with Gasteiger partial charge in [-0.2, -0.15) is 0 Å². The molecular formula is C20H22N6O. The summed E-state index contributed by atoms with van der Waals surface area (Å²) in [6.07, 6.45) is 3.78. The number of hydrogen-bond acceptors (Lipinski definition) is 5. The molecule has 1 amide bonds. The van der Waals surface area contributed by atoms with Crippen LogP contribution in [0.15, 0.2) is 48.8 Å². The van der Waals surface area contributed by atoms with Crippen LogP contribution in [0.2, 0.25) is 0 Å². The summed E-state index contributed by atoms with van der Waals surface area (Å²) in [6, 6.07) is 12.1. The fourth-order valence-corrected chi connectivity index (χ4v) is 4.10. The summed E-state index contributed by atoms with van der Waals surface area (Å²) in [7, 11) is 0. The van der Waals surface area contributed by atoms with E-state index in [1.807, 2.05) is 30.5 Å². The monoisotopic (exact) mass is 362 g/mol. The van der Waals surface area contributed by atoms with Crippen LogP contribution in [0, 0.1) is 0 Å². The van der Waals surface area contributed by atoms with E-state index in [-0.39, 0.29) is 11.9 Å². The molecule has 3 aromatic rings. The molecule has 4 heterocycles. The second-order valence-corrected chi connectivity index (χ2v) is 7.14. The molecule has 0 spiro atoms. The van der Waals surface area contributed by atoms with Crippen LogP contribution in [0.3, 0.4) is 0 Å². The van der Waals surface area contributed by atoms with Crippen molar-refractivity contribution >= 4 is 11.7 Å². The van der Waals surface area contributed by atoms with Crippen LogP contribution < -0.4 is 5.32 Å². The molecule has 7 heteroatoms. The first-order chi connectivity index (χ1) is 13.3. The number of piperazine rings is 2. The Kier molecular flexibility index (Phi) is 4.10. The molecule has 0 radical (unpaired) electrons. The first kappa shape index (κ1) is 16.4. The van der Waals surface area contributed by atoms with E-state index in [2.05, 4.69) is 36.6 Å². The third-order valence-electron chi connectivity index (χ3n) is 5.50. The molecule has 2 fully saturated rings. The van der Waals surface area contributed by atoms with Crippen LogP contribution in [-0.4, -0.2) is 68.8 Å². The fraction of sp³-hybridized carbons (Fsp3) is 0.350. The van der Waals surface area contributed by atoms with Crippen LogP contribution in [0.1, 0.15) is 5.69 Å². The Morgan fingerprint density at radius 1 is 1.11 bits per heavy atom. The summed E-state index contributed by atoms with van der Waals surface area (Å²) in [6.45, 7) is 5.06. The maximum atomic E-state index is 12.3. The lowest BCUT2D eigenvalue weighted by molar-refractivity contribution is -0.132. The lowest BCUT2D eigenvalue weighted by atomic mass is 10.1. The highest BCUT2D eigenvalue weighted by Crippen LogP contribution is 2.26. The van der Waals surface area contributed by atoms with Crippen molar-refractivity contribution in [3.8, 4) is 11.3 Å². The van der Waals surface area contributed by atoms with E-state index in [0.29, 0.717) is 5.78 Å². The number of amides is 1. The Morgan fingerprint density at radius 2 is 2.00 bits per heavy atom. The zero-order valence-corrected chi connectivity index (χ0v) is 15.1. The number of rotatable bonds is 3. The van der Waals surface area contributed by atoms with Crippen LogP contribution in [-0.2, 0) is 11.3 Å². The summed E-state index contributed by atoms with van der Waals surface area (Å²) >= 11 is 0. The van der Waals surface area contributed by atoms with Gasteiger partial charge >= 0.3 is 0 Å². The molecule has 0 bridgehead atoms. The molecule has 0 saturated carbocycles. The maximum Gasteiger partial charge on any atom is 0.238 e. The van der Waals surface area contributed by atoms with Gasteiger partial charge in [-0.15, -0.1) is 0 Å². The highest BCUT2D eigenvalue weighted by Gasteiger charge is 2.35. The minimum atomic E-state index is -0.0509. The minimum Gasteiger partial charge on any atom is -0.353 e. The predicted octanol–water partition coefficient (Wildman–Crippen LogP) is 1.01. The third-order valence-corrected chi connectivity index (χ3v) is 5.50. The molecule has 5 rings (SSSR count). The van der Waals surface area contributed by atoms with Crippen molar-refractivity contribution < 1.29 is 4.79 Å². The van der Waals surface area contributed by atoms with E-state index in [1.165, 1.54) is 0 Å². The van der Waals surface area contributed by atoms with E-state index < -0.39 is 0 Å². The third kappa shape index (κ3) is 2.98. The molecule has 2 aromatic heterocycles. The standard InChI is InChI=1S/C20H22N6O/c27-19-17-14-24(11-12-25(17)10-8-21-19)13-16-18(15-5-2-1-3-6-15)23-20-22-7-4-9-26(16)20/h1-7,9,17H,8,10-14H2,(H,21,27)/t17-/m1/s1. The number of imidazole rings is 1. The van der Waals surface area contributed by atoms with E-state index in [4.69, 9.17) is 4.98 Å². The molecule has 2 saturated heterocycles. The van der Waals surface area contributed by atoms with E-state index >= 15 is 0 Å². The largest absolute Gasteiger partial charge is 0.353 e. The van der Waals surface area contributed by atoms with Gasteiger partial charge in [0.15, 0.2) is 0 Å². The SMILES string of the molecule is O=C1NCCN2CCN(Cc3c(-c4ccccc4)nc4ncccn34)C[C@H]12. The molecule has 2 aliphatic rings. The molecule has 27 heavy (non-hydrogen) atoms. The number of benzene rings is 1. The van der Waals surface area contributed by atoms with Crippen LogP contribution in [0.5, 0.6) is 0 Å². The van der Waals surface area contributed by atoms with Gasteiger partial charge in [0.25, 0.3) is 0 Å². The van der Waals surface area contributed by atoms with Crippen LogP contribution in [0.25, 0.3) is 17.0 Å². The fourth-order valence-electron chi connectivity index (χ4n) is 4.10. The van der Waals surface area contributed by atoms with Gasteiger partial charge in [-0.1, -0.05) is 30.3 Å². The quantitative estimate of drug-likeness (QED) is 0.753. The second kappa shape index (κ2) is 6.75. The van der Waals surface area contributed by atoms with Crippen molar-refractivity contribution in [3.63, 3.8) is 0 Å². The number of hydrogen-bond donors (Lipinski definition) is 1. The summed E-state index contributed by atoms with van der Waals surface area (Å²) in [5.74, 6) is 0.856. The molecule has 7 nitrogen and oxygen atoms in total. The number of aromatic nitrogens is 3. The summed E-state index contributed by atoms with van der Waals surface area (Å²) in [4.78, 5) is 26.1. The van der Waals surface area contributed by atoms with E-state index in [1.54, 1.807) is 6.20 Å². The Labute approximate surface area is 157 Å². The number of nitrogens with zero attached hydrogens (tertiary/aromatic N) is 5. The topological polar surface area (TPSA) is 65.8 Å². The molecule has 1 aromatic carbocycles. The van der Waals surface area contributed by atoms with Crippen molar-refractivity contribution in [2.75, 3.05) is 32.7 Å². The molecule has 138 valence electrons. The Balaban J connectivity index is 1.48. The normalized spacial score (nSPS) is 21.2. The van der Waals surface area contributed by atoms with Gasteiger partial charge in [-0.3, -0.25) is 19.0 Å². The highest BCUT2D eigenvalue weighted by molar-refractivity contribution is 5.82. The first-order valence-corrected chi connectivity index (χ1v) is 9.41. The van der Waals surface area contributed by atoms with Crippen LogP contribution in [0.4, 0.5) is 0 Å². The van der Waals surface area contributed by atoms with Gasteiger partial charge in [0.1, 0.15) is 6.04 Å². The van der Waals surface area contributed by atoms with E-state index in [9.17, 15) is 4.79 Å². The minimum absolute atomic E-state index is 0.0509. The maximum absolute atomic E-state index is 12.3. The molecule has 1 atom stereocenters. The number of fused-ring (bicyclic) bond motifs is 2. The smallest absolute Gasteiger partial charge is 0.238 e. The molecule has 0 aliphatic carbocycles. The highest BCUT2D eigenvalue weighted by atomic mass is 16.2. The average Bonchev–Trinajstić information content (AvgIpc) is 3.08. The lowest BCUT2D eigenvalue weighted by Crippen LogP contribution is -2.63. The van der Waals surface area contributed by atoms with Gasteiger partial charge in [0, 0.05) is 57.2 Å². The Morgan fingerprint density at radius 3 is 2.89 bits per heavy atom. The molecule has 2 aliphatic heterocycles. The number of carbonyl (C=O) groups is 1. The predicted molar refractivity (Wildman–Crippen MR) is 102 cm³/mol. The Bertz CT molecular complexity index is 969. The number of nitrogens with one attached hydrogen (secondary N) is 1. The van der Waals surface area contributed by atoms with Gasteiger partial charge in [0.2, 0.25) is 11.7 Å². The Hall–Kier alpha value is -2.77. The van der Waals surface area contributed by atoms with Gasteiger partial charge in [-0.05, 0) is 6.07 Å². The number of carbonyl (C=O) groups excluding carboxylic acids is 1. The van der Waals surface area contributed by atoms with E-state index in [0.717, 1.165) is 56.2 Å². The molecule has 0 unspecified atom stereocenters. The average molecular weight is 362 g/mol. The second-order valence-electron chi connectivity index (χ2n) is 7.14. The molecule has 1 N–H and O–H groups in total. The zero-order valence-electron chi connectivity index (χ0n) is 15.1. The van der Waals surface area contributed by atoms with Crippen molar-refractivity contribution in [3.05, 3.63) is 54.5 Å². The van der Waals surface area contributed by atoms with Crippen molar-refractivity contribution in [1.29, 1.82) is 0 Å². The zero-order chi connectivity index (χ0) is 18.2. The van der Waals surface area contributed by atoms with Crippen molar-refractivity contribution in [2.45, 2.75) is 12.6 Å². The summed E-state index contributed by atoms with van der Waals surface area (Å²) in [5.41, 5.74) is 3.17. The van der Waals surface area contributed by atoms with Gasteiger partial charge in [0.05, 0.1) is 11.4 Å².